The molecular formula is C40H75NO5. The highest BCUT2D eigenvalue weighted by Gasteiger charge is 2.14. The monoisotopic (exact) mass is 650 g/mol. The van der Waals surface area contributed by atoms with E-state index in [2.05, 4.69) is 31.3 Å². The van der Waals surface area contributed by atoms with E-state index in [1.54, 1.807) is 0 Å². The van der Waals surface area contributed by atoms with Crippen molar-refractivity contribution in [2.45, 2.75) is 219 Å². The molecule has 2 N–H and O–H groups in total. The number of carboxylic acids is 1. The summed E-state index contributed by atoms with van der Waals surface area (Å²) in [5, 5.41) is 11.1. The summed E-state index contributed by atoms with van der Waals surface area (Å²) in [7, 11) is 0. The second kappa shape index (κ2) is 36.0. The van der Waals surface area contributed by atoms with Crippen LogP contribution in [-0.2, 0) is 19.1 Å². The minimum atomic E-state index is -1.01. The van der Waals surface area contributed by atoms with Gasteiger partial charge in [0.1, 0.15) is 12.6 Å². The van der Waals surface area contributed by atoms with E-state index in [1.807, 2.05) is 0 Å². The minimum Gasteiger partial charge on any atom is -0.480 e. The van der Waals surface area contributed by atoms with Crippen LogP contribution in [0.2, 0.25) is 0 Å². The first-order valence-corrected chi connectivity index (χ1v) is 19.8. The van der Waals surface area contributed by atoms with Crippen LogP contribution in [0.1, 0.15) is 213 Å². The molecule has 46 heavy (non-hydrogen) atoms. The lowest BCUT2D eigenvalue weighted by Crippen LogP contribution is -2.28. The van der Waals surface area contributed by atoms with Crippen molar-refractivity contribution in [3.63, 3.8) is 0 Å². The summed E-state index contributed by atoms with van der Waals surface area (Å²) >= 11 is 0. The predicted molar refractivity (Wildman–Crippen MR) is 194 cm³/mol. The van der Waals surface area contributed by atoms with Gasteiger partial charge in [0, 0.05) is 12.8 Å². The number of carboxylic acid groups (broad SMARTS) is 1. The number of unbranched alkanes of at least 4 members (excludes halogenated alkanes) is 23. The molecule has 0 aromatic rings. The number of aliphatic carboxylic acids is 1. The largest absolute Gasteiger partial charge is 0.480 e. The molecule has 0 aliphatic rings. The number of rotatable bonds is 36. The van der Waals surface area contributed by atoms with Gasteiger partial charge in [-0.2, -0.15) is 0 Å². The first kappa shape index (κ1) is 44.1. The van der Waals surface area contributed by atoms with Crippen LogP contribution in [0.5, 0.6) is 0 Å². The summed E-state index contributed by atoms with van der Waals surface area (Å²) < 4.78 is 6.00. The van der Waals surface area contributed by atoms with Crippen LogP contribution in [0.25, 0.3) is 0 Å². The topological polar surface area (TPSA) is 92.7 Å². The Hall–Kier alpha value is -1.85. The van der Waals surface area contributed by atoms with Crippen LogP contribution in [0, 0.1) is 0 Å². The molecule has 270 valence electrons. The fraction of sp³-hybridized carbons (Fsp3) is 0.875. The smallest absolute Gasteiger partial charge is 0.322 e. The van der Waals surface area contributed by atoms with Crippen LogP contribution in [0.4, 0.5) is 0 Å². The van der Waals surface area contributed by atoms with E-state index in [0.717, 1.165) is 64.2 Å². The van der Waals surface area contributed by atoms with Gasteiger partial charge in [0.2, 0.25) is 5.91 Å². The summed E-state index contributed by atoms with van der Waals surface area (Å²) in [5.74, 6) is -1.23. The van der Waals surface area contributed by atoms with Crippen molar-refractivity contribution in [1.29, 1.82) is 0 Å². The van der Waals surface area contributed by atoms with Crippen molar-refractivity contribution in [3.8, 4) is 0 Å². The van der Waals surface area contributed by atoms with E-state index in [1.165, 1.54) is 122 Å². The zero-order chi connectivity index (χ0) is 33.8. The molecule has 0 radical (unpaired) electrons. The fourth-order valence-corrected chi connectivity index (χ4v) is 5.99. The van der Waals surface area contributed by atoms with Crippen molar-refractivity contribution < 1.29 is 24.2 Å². The average Bonchev–Trinajstić information content (AvgIpc) is 3.04. The Balaban J connectivity index is 4.16. The third-order valence-electron chi connectivity index (χ3n) is 8.92. The molecule has 1 unspecified atom stereocenters. The molecular weight excluding hydrogens is 574 g/mol. The lowest BCUT2D eigenvalue weighted by molar-refractivity contribution is -0.150. The Labute approximate surface area is 284 Å². The molecule has 0 aromatic carbocycles. The fourth-order valence-electron chi connectivity index (χ4n) is 5.99. The summed E-state index contributed by atoms with van der Waals surface area (Å²) in [4.78, 5) is 34.9. The maximum absolute atomic E-state index is 12.7. The third kappa shape index (κ3) is 35.0. The Morgan fingerprint density at radius 1 is 0.543 bits per heavy atom. The van der Waals surface area contributed by atoms with Crippen LogP contribution in [-0.4, -0.2) is 35.6 Å². The average molecular weight is 650 g/mol. The first-order chi connectivity index (χ1) is 22.5. The number of amides is 1. The van der Waals surface area contributed by atoms with Crippen molar-refractivity contribution in [2.75, 3.05) is 6.54 Å². The minimum absolute atomic E-state index is 0.0229. The molecule has 0 rings (SSSR count). The molecule has 6 heteroatoms. The lowest BCUT2D eigenvalue weighted by atomic mass is 10.0. The molecule has 0 bridgehead atoms. The number of esters is 1. The van der Waals surface area contributed by atoms with Gasteiger partial charge < -0.3 is 15.2 Å². The molecule has 0 saturated heterocycles. The molecule has 0 aliphatic carbocycles. The van der Waals surface area contributed by atoms with Gasteiger partial charge in [-0.3, -0.25) is 14.4 Å². The van der Waals surface area contributed by atoms with Gasteiger partial charge in [-0.1, -0.05) is 154 Å². The molecule has 0 heterocycles. The van der Waals surface area contributed by atoms with Gasteiger partial charge in [0.05, 0.1) is 0 Å². The van der Waals surface area contributed by atoms with Gasteiger partial charge in [-0.25, -0.2) is 0 Å². The molecule has 1 atom stereocenters. The standard InChI is InChI=1S/C40H75NO5/c1-3-5-7-9-11-13-15-16-17-18-19-21-24-28-32-37(33-29-25-23-26-30-34-38(42)41-36-39(43)44)46-40(45)35-31-27-22-20-14-12-10-8-6-4-2/h8,10,37H,3-7,9,11-36H2,1-2H3,(H,41,42)(H,43,44)/b10-8-. The molecule has 0 aliphatic heterocycles. The van der Waals surface area contributed by atoms with Crippen molar-refractivity contribution in [1.82, 2.24) is 5.32 Å². The maximum atomic E-state index is 12.7. The highest BCUT2D eigenvalue weighted by Crippen LogP contribution is 2.19. The van der Waals surface area contributed by atoms with Crippen molar-refractivity contribution in [3.05, 3.63) is 12.2 Å². The van der Waals surface area contributed by atoms with Gasteiger partial charge >= 0.3 is 11.9 Å². The summed E-state index contributed by atoms with van der Waals surface area (Å²) in [5.41, 5.74) is 0. The van der Waals surface area contributed by atoms with E-state index in [4.69, 9.17) is 9.84 Å². The number of carbonyl (C=O) groups is 3. The number of hydrogen-bond donors (Lipinski definition) is 2. The van der Waals surface area contributed by atoms with Gasteiger partial charge in [0.25, 0.3) is 0 Å². The number of ether oxygens (including phenoxy) is 1. The summed E-state index contributed by atoms with van der Waals surface area (Å²) in [6.07, 6.45) is 40.4. The van der Waals surface area contributed by atoms with E-state index in [9.17, 15) is 14.4 Å². The quantitative estimate of drug-likeness (QED) is 0.0400. The zero-order valence-corrected chi connectivity index (χ0v) is 30.4. The molecule has 0 fully saturated rings. The van der Waals surface area contributed by atoms with Crippen molar-refractivity contribution in [2.24, 2.45) is 0 Å². The van der Waals surface area contributed by atoms with E-state index in [-0.39, 0.29) is 24.5 Å². The molecule has 0 aromatic heterocycles. The highest BCUT2D eigenvalue weighted by molar-refractivity contribution is 5.80. The zero-order valence-electron chi connectivity index (χ0n) is 30.4. The van der Waals surface area contributed by atoms with Gasteiger partial charge in [-0.05, 0) is 57.8 Å². The second-order valence-electron chi connectivity index (χ2n) is 13.5. The molecule has 1 amide bonds. The summed E-state index contributed by atoms with van der Waals surface area (Å²) in [6, 6.07) is 0. The Morgan fingerprint density at radius 2 is 0.978 bits per heavy atom. The highest BCUT2D eigenvalue weighted by atomic mass is 16.5. The van der Waals surface area contributed by atoms with Crippen molar-refractivity contribution >= 4 is 17.8 Å². The Bertz CT molecular complexity index is 722. The Morgan fingerprint density at radius 3 is 1.48 bits per heavy atom. The number of carbonyl (C=O) groups excluding carboxylic acids is 2. The van der Waals surface area contributed by atoms with Crippen LogP contribution in [0.3, 0.4) is 0 Å². The normalized spacial score (nSPS) is 12.0. The number of hydrogen-bond acceptors (Lipinski definition) is 4. The second-order valence-corrected chi connectivity index (χ2v) is 13.5. The molecule has 0 saturated carbocycles. The predicted octanol–water partition coefficient (Wildman–Crippen LogP) is 11.8. The van der Waals surface area contributed by atoms with Gasteiger partial charge in [-0.15, -0.1) is 0 Å². The molecule has 6 nitrogen and oxygen atoms in total. The van der Waals surface area contributed by atoms with E-state index < -0.39 is 5.97 Å². The maximum Gasteiger partial charge on any atom is 0.322 e. The van der Waals surface area contributed by atoms with Crippen LogP contribution in [0.15, 0.2) is 12.2 Å². The SMILES string of the molecule is CCC/C=C\CCCCCCCC(=O)OC(CCCCCCCCCCCCCCCC)CCCCCCCC(=O)NCC(=O)O. The Kier molecular flexibility index (Phi) is 34.5. The third-order valence-corrected chi connectivity index (χ3v) is 8.92. The number of allylic oxidation sites excluding steroid dienone is 2. The number of nitrogens with one attached hydrogen (secondary N) is 1. The van der Waals surface area contributed by atoms with Gasteiger partial charge in [0.15, 0.2) is 0 Å². The van der Waals surface area contributed by atoms with Crippen LogP contribution < -0.4 is 5.32 Å². The van der Waals surface area contributed by atoms with Crippen LogP contribution >= 0.6 is 0 Å². The van der Waals surface area contributed by atoms with E-state index in [0.29, 0.717) is 12.8 Å². The van der Waals surface area contributed by atoms with E-state index >= 15 is 0 Å². The molecule has 0 spiro atoms. The lowest BCUT2D eigenvalue weighted by Gasteiger charge is -2.18. The summed E-state index contributed by atoms with van der Waals surface area (Å²) in [6.45, 7) is 4.18. The first-order valence-electron chi connectivity index (χ1n) is 19.8.